The van der Waals surface area contributed by atoms with Crippen molar-refractivity contribution >= 4 is 11.8 Å². The molecule has 6 heavy (non-hydrogen) atoms. The molecule has 0 radical (unpaired) electrons. The summed E-state index contributed by atoms with van der Waals surface area (Å²) in [5.41, 5.74) is 0. The van der Waals surface area contributed by atoms with Crippen LogP contribution in [0.3, 0.4) is 0 Å². The van der Waals surface area contributed by atoms with Gasteiger partial charge in [0.2, 0.25) is 0 Å². The number of hydrogen-bond donors (Lipinski definition) is 1. The minimum atomic E-state index is -0.845. The maximum atomic E-state index is 11.6. The zero-order valence-corrected chi connectivity index (χ0v) is 4.30. The number of rotatable bonds is 2. The van der Waals surface area contributed by atoms with Crippen LogP contribution < -0.4 is 4.84 Å². The molecular formula is C3H7ClFN. The summed E-state index contributed by atoms with van der Waals surface area (Å²) in [5.74, 6) is 0. The van der Waals surface area contributed by atoms with E-state index in [1.807, 2.05) is 0 Å². The van der Waals surface area contributed by atoms with Gasteiger partial charge >= 0.3 is 0 Å². The highest BCUT2D eigenvalue weighted by Crippen LogP contribution is 1.82. The van der Waals surface area contributed by atoms with Crippen molar-refractivity contribution in [2.75, 3.05) is 6.54 Å². The van der Waals surface area contributed by atoms with Crippen molar-refractivity contribution in [1.82, 2.24) is 4.84 Å². The van der Waals surface area contributed by atoms with Crippen LogP contribution in [0.2, 0.25) is 0 Å². The molecule has 0 bridgehead atoms. The third kappa shape index (κ3) is 4.18. The van der Waals surface area contributed by atoms with Crippen LogP contribution in [0.25, 0.3) is 0 Å². The third-order valence-corrected chi connectivity index (χ3v) is 0.513. The van der Waals surface area contributed by atoms with E-state index in [2.05, 4.69) is 4.84 Å². The first-order valence-corrected chi connectivity index (χ1v) is 2.12. The van der Waals surface area contributed by atoms with E-state index in [0.717, 1.165) is 0 Å². The Hall–Kier alpha value is 0.180. The number of halogens is 2. The second-order valence-electron chi connectivity index (χ2n) is 1.12. The zero-order chi connectivity index (χ0) is 4.99. The quantitative estimate of drug-likeness (QED) is 0.526. The SMILES string of the molecule is C[C@H](F)CNCl. The molecule has 1 atom stereocenters. The van der Waals surface area contributed by atoms with Crippen molar-refractivity contribution in [3.63, 3.8) is 0 Å². The lowest BCUT2D eigenvalue weighted by Crippen LogP contribution is -2.11. The molecule has 0 aromatic carbocycles. The molecule has 0 rings (SSSR count). The summed E-state index contributed by atoms with van der Waals surface area (Å²) in [4.78, 5) is 2.16. The molecule has 0 aliphatic carbocycles. The van der Waals surface area contributed by atoms with Gasteiger partial charge in [0, 0.05) is 6.54 Å². The van der Waals surface area contributed by atoms with E-state index in [1.165, 1.54) is 6.92 Å². The van der Waals surface area contributed by atoms with Crippen molar-refractivity contribution in [2.45, 2.75) is 13.1 Å². The Morgan fingerprint density at radius 2 is 2.50 bits per heavy atom. The summed E-state index contributed by atoms with van der Waals surface area (Å²) in [6.45, 7) is 1.66. The van der Waals surface area contributed by atoms with Crippen molar-refractivity contribution < 1.29 is 4.39 Å². The van der Waals surface area contributed by atoms with Crippen LogP contribution in [0.1, 0.15) is 6.92 Å². The minimum absolute atomic E-state index is 0.224. The van der Waals surface area contributed by atoms with Crippen molar-refractivity contribution in [3.05, 3.63) is 0 Å². The molecule has 0 aliphatic rings. The van der Waals surface area contributed by atoms with Gasteiger partial charge in [-0.15, -0.1) is 0 Å². The standard InChI is InChI=1S/C3H7ClFN/c1-3(5)2-6-4/h3,6H,2H2,1H3/t3-/m0/s1. The van der Waals surface area contributed by atoms with Gasteiger partial charge in [0.15, 0.2) is 0 Å². The molecule has 38 valence electrons. The lowest BCUT2D eigenvalue weighted by molar-refractivity contribution is 0.362. The predicted octanol–water partition coefficient (Wildman–Crippen LogP) is 1.09. The van der Waals surface area contributed by atoms with Crippen LogP contribution in [0.15, 0.2) is 0 Å². The fraction of sp³-hybridized carbons (Fsp3) is 1.00. The van der Waals surface area contributed by atoms with Gasteiger partial charge in [-0.1, -0.05) is 0 Å². The van der Waals surface area contributed by atoms with E-state index in [0.29, 0.717) is 0 Å². The first-order chi connectivity index (χ1) is 2.77. The smallest absolute Gasteiger partial charge is 0.111 e. The largest absolute Gasteiger partial charge is 0.246 e. The predicted molar refractivity (Wildman–Crippen MR) is 24.4 cm³/mol. The summed E-state index contributed by atoms with van der Waals surface area (Å²) >= 11 is 4.91. The van der Waals surface area contributed by atoms with Gasteiger partial charge in [-0.2, -0.15) is 0 Å². The van der Waals surface area contributed by atoms with Gasteiger partial charge in [0.1, 0.15) is 6.17 Å². The summed E-state index contributed by atoms with van der Waals surface area (Å²) in [5, 5.41) is 0. The first-order valence-electron chi connectivity index (χ1n) is 1.75. The monoisotopic (exact) mass is 111 g/mol. The molecule has 1 N–H and O–H groups in total. The van der Waals surface area contributed by atoms with E-state index in [-0.39, 0.29) is 6.54 Å². The van der Waals surface area contributed by atoms with E-state index in [1.54, 1.807) is 0 Å². The van der Waals surface area contributed by atoms with Crippen LogP contribution in [0.5, 0.6) is 0 Å². The maximum absolute atomic E-state index is 11.6. The molecule has 0 saturated carbocycles. The van der Waals surface area contributed by atoms with E-state index >= 15 is 0 Å². The number of nitrogens with one attached hydrogen (secondary N) is 1. The third-order valence-electron chi connectivity index (χ3n) is 0.358. The van der Waals surface area contributed by atoms with Gasteiger partial charge < -0.3 is 0 Å². The molecule has 0 aromatic rings. The van der Waals surface area contributed by atoms with Gasteiger partial charge in [-0.05, 0) is 18.7 Å². The van der Waals surface area contributed by atoms with Crippen molar-refractivity contribution in [2.24, 2.45) is 0 Å². The highest BCUT2D eigenvalue weighted by Gasteiger charge is 1.90. The minimum Gasteiger partial charge on any atom is -0.246 e. The molecule has 0 heterocycles. The van der Waals surface area contributed by atoms with Gasteiger partial charge in [-0.25, -0.2) is 9.23 Å². The van der Waals surface area contributed by atoms with Crippen molar-refractivity contribution in [3.8, 4) is 0 Å². The molecule has 0 aromatic heterocycles. The second kappa shape index (κ2) is 3.37. The zero-order valence-electron chi connectivity index (χ0n) is 3.54. The molecule has 3 heteroatoms. The highest BCUT2D eigenvalue weighted by atomic mass is 35.5. The molecule has 0 amide bonds. The fourth-order valence-electron chi connectivity index (χ4n) is 0.106. The number of alkyl halides is 1. The molecular weight excluding hydrogens is 104 g/mol. The molecule has 0 saturated heterocycles. The average molecular weight is 112 g/mol. The average Bonchev–Trinajstić information content (AvgIpc) is 1.35. The van der Waals surface area contributed by atoms with E-state index in [9.17, 15) is 4.39 Å². The van der Waals surface area contributed by atoms with Gasteiger partial charge in [0.25, 0.3) is 0 Å². The molecule has 0 aliphatic heterocycles. The maximum Gasteiger partial charge on any atom is 0.111 e. The summed E-state index contributed by atoms with van der Waals surface area (Å²) < 4.78 is 11.6. The van der Waals surface area contributed by atoms with Crippen LogP contribution in [0.4, 0.5) is 4.39 Å². The van der Waals surface area contributed by atoms with Crippen LogP contribution >= 0.6 is 11.8 Å². The summed E-state index contributed by atoms with van der Waals surface area (Å²) in [6, 6.07) is 0. The molecule has 0 fully saturated rings. The molecule has 0 unspecified atom stereocenters. The Morgan fingerprint density at radius 1 is 2.00 bits per heavy atom. The topological polar surface area (TPSA) is 12.0 Å². The van der Waals surface area contributed by atoms with E-state index in [4.69, 9.17) is 11.8 Å². The Kier molecular flexibility index (Phi) is 3.47. The fourth-order valence-corrected chi connectivity index (χ4v) is 0.319. The number of hydrogen-bond acceptors (Lipinski definition) is 1. The Bertz CT molecular complexity index is 32.0. The molecule has 1 nitrogen and oxygen atoms in total. The second-order valence-corrected chi connectivity index (χ2v) is 1.39. The van der Waals surface area contributed by atoms with E-state index < -0.39 is 6.17 Å². The molecule has 0 spiro atoms. The summed E-state index contributed by atoms with van der Waals surface area (Å²) in [7, 11) is 0. The Morgan fingerprint density at radius 3 is 2.50 bits per heavy atom. The van der Waals surface area contributed by atoms with Gasteiger partial charge in [0.05, 0.1) is 0 Å². The Labute approximate surface area is 41.6 Å². The summed E-state index contributed by atoms with van der Waals surface area (Å²) in [6.07, 6.45) is -0.845. The Balaban J connectivity index is 2.63. The lowest BCUT2D eigenvalue weighted by Gasteiger charge is -1.92. The van der Waals surface area contributed by atoms with Crippen LogP contribution in [-0.2, 0) is 0 Å². The van der Waals surface area contributed by atoms with Crippen molar-refractivity contribution in [1.29, 1.82) is 0 Å². The van der Waals surface area contributed by atoms with Crippen LogP contribution in [-0.4, -0.2) is 12.7 Å². The highest BCUT2D eigenvalue weighted by molar-refractivity contribution is 6.13. The first kappa shape index (κ1) is 6.18. The lowest BCUT2D eigenvalue weighted by atomic mass is 10.5. The van der Waals surface area contributed by atoms with Crippen LogP contribution in [0, 0.1) is 0 Å². The normalized spacial score (nSPS) is 14.5. The van der Waals surface area contributed by atoms with Gasteiger partial charge in [-0.3, -0.25) is 0 Å².